The Hall–Kier alpha value is -1.90. The number of hydrogen-bond donors (Lipinski definition) is 2. The van der Waals surface area contributed by atoms with Crippen LogP contribution in [0.1, 0.15) is 18.1 Å². The van der Waals surface area contributed by atoms with Crippen molar-refractivity contribution < 1.29 is 9.53 Å². The number of nitrogens with one attached hydrogen (secondary N) is 2. The van der Waals surface area contributed by atoms with Crippen LogP contribution in [0, 0.1) is 17.2 Å². The summed E-state index contributed by atoms with van der Waals surface area (Å²) in [6.45, 7) is 4.37. The van der Waals surface area contributed by atoms with Gasteiger partial charge < -0.3 is 15.4 Å². The fraction of sp³-hybridized carbons (Fsp3) is 0.467. The van der Waals surface area contributed by atoms with E-state index >= 15 is 0 Å². The van der Waals surface area contributed by atoms with Gasteiger partial charge in [-0.15, -0.1) is 0 Å². The summed E-state index contributed by atoms with van der Waals surface area (Å²) >= 11 is 0. The molecule has 2 atom stereocenters. The van der Waals surface area contributed by atoms with Gasteiger partial charge in [-0.3, -0.25) is 4.79 Å². The molecule has 1 amide bonds. The van der Waals surface area contributed by atoms with Crippen LogP contribution in [0.5, 0.6) is 0 Å². The maximum absolute atomic E-state index is 12.1. The van der Waals surface area contributed by atoms with E-state index in [0.717, 1.165) is 12.1 Å². The maximum Gasteiger partial charge on any atom is 0.227 e. The number of carbonyl (C=O) groups excluding carboxylic acids is 1. The van der Waals surface area contributed by atoms with Crippen LogP contribution >= 0.6 is 0 Å². The first-order valence-corrected chi connectivity index (χ1v) is 6.82. The molecule has 0 radical (unpaired) electrons. The Labute approximate surface area is 118 Å². The van der Waals surface area contributed by atoms with Crippen molar-refractivity contribution in [3.8, 4) is 6.07 Å². The van der Waals surface area contributed by atoms with Crippen LogP contribution in [0.3, 0.4) is 0 Å². The van der Waals surface area contributed by atoms with E-state index in [1.165, 1.54) is 0 Å². The summed E-state index contributed by atoms with van der Waals surface area (Å²) in [7, 11) is 0. The molecule has 0 saturated carbocycles. The van der Waals surface area contributed by atoms with Gasteiger partial charge in [-0.05, 0) is 24.2 Å². The van der Waals surface area contributed by atoms with Crippen LogP contribution < -0.4 is 10.6 Å². The predicted octanol–water partition coefficient (Wildman–Crippen LogP) is 0.799. The molecular weight excluding hydrogens is 254 g/mol. The first-order valence-electron chi connectivity index (χ1n) is 6.82. The summed E-state index contributed by atoms with van der Waals surface area (Å²) in [6.07, 6.45) is 0. The number of carbonyl (C=O) groups is 1. The quantitative estimate of drug-likeness (QED) is 0.832. The van der Waals surface area contributed by atoms with E-state index in [1.807, 2.05) is 19.1 Å². The van der Waals surface area contributed by atoms with Crippen LogP contribution in [0.15, 0.2) is 24.3 Å². The van der Waals surface area contributed by atoms with Gasteiger partial charge in [0.15, 0.2) is 0 Å². The summed E-state index contributed by atoms with van der Waals surface area (Å²) in [4.78, 5) is 12.1. The van der Waals surface area contributed by atoms with E-state index in [4.69, 9.17) is 10.00 Å². The Morgan fingerprint density at radius 1 is 1.40 bits per heavy atom. The highest BCUT2D eigenvalue weighted by molar-refractivity contribution is 5.79. The lowest BCUT2D eigenvalue weighted by Crippen LogP contribution is -2.43. The summed E-state index contributed by atoms with van der Waals surface area (Å²) in [5, 5.41) is 14.9. The van der Waals surface area contributed by atoms with Gasteiger partial charge in [-0.25, -0.2) is 0 Å². The highest BCUT2D eigenvalue weighted by Gasteiger charge is 2.33. The molecule has 5 nitrogen and oxygen atoms in total. The molecule has 1 aliphatic rings. The second-order valence-corrected chi connectivity index (χ2v) is 4.83. The first-order chi connectivity index (χ1) is 9.74. The average molecular weight is 273 g/mol. The molecule has 5 heteroatoms. The molecule has 0 bridgehead atoms. The molecule has 2 unspecified atom stereocenters. The Bertz CT molecular complexity index is 493. The zero-order chi connectivity index (χ0) is 14.4. The predicted molar refractivity (Wildman–Crippen MR) is 74.8 cm³/mol. The molecule has 1 fully saturated rings. The van der Waals surface area contributed by atoms with Gasteiger partial charge >= 0.3 is 0 Å². The normalized spacial score (nSPS) is 21.4. The van der Waals surface area contributed by atoms with Crippen molar-refractivity contribution in [3.05, 3.63) is 35.4 Å². The molecule has 1 aromatic carbocycles. The van der Waals surface area contributed by atoms with E-state index in [0.29, 0.717) is 25.3 Å². The van der Waals surface area contributed by atoms with Crippen LogP contribution in [-0.4, -0.2) is 31.7 Å². The molecule has 20 heavy (non-hydrogen) atoms. The van der Waals surface area contributed by atoms with Crippen molar-refractivity contribution in [2.75, 3.05) is 19.8 Å². The van der Waals surface area contributed by atoms with Gasteiger partial charge in [-0.1, -0.05) is 19.1 Å². The summed E-state index contributed by atoms with van der Waals surface area (Å²) in [5.41, 5.74) is 1.60. The van der Waals surface area contributed by atoms with Crippen molar-refractivity contribution in [2.24, 2.45) is 5.92 Å². The minimum atomic E-state index is -0.131. The van der Waals surface area contributed by atoms with Crippen molar-refractivity contribution >= 4 is 5.91 Å². The monoisotopic (exact) mass is 273 g/mol. The highest BCUT2D eigenvalue weighted by Crippen LogP contribution is 2.14. The third-order valence-electron chi connectivity index (χ3n) is 3.43. The minimum Gasteiger partial charge on any atom is -0.379 e. The van der Waals surface area contributed by atoms with Crippen LogP contribution in [0.2, 0.25) is 0 Å². The number of ether oxygens (including phenoxy) is 1. The number of hydrogen-bond acceptors (Lipinski definition) is 4. The summed E-state index contributed by atoms with van der Waals surface area (Å²) in [6, 6.07) is 9.38. The standard InChI is InChI=1S/C15H19N3O2/c1-2-17-14-10-20-9-13(14)15(19)18-8-12-5-3-11(7-16)4-6-12/h3-6,13-14,17H,2,8-10H2,1H3,(H,18,19). The molecule has 1 saturated heterocycles. The van der Waals surface area contributed by atoms with Crippen molar-refractivity contribution in [1.82, 2.24) is 10.6 Å². The van der Waals surface area contributed by atoms with Crippen LogP contribution in [0.4, 0.5) is 0 Å². The first kappa shape index (κ1) is 14.5. The Morgan fingerprint density at radius 3 is 2.80 bits per heavy atom. The molecule has 0 spiro atoms. The fourth-order valence-corrected chi connectivity index (χ4v) is 2.29. The highest BCUT2D eigenvalue weighted by atomic mass is 16.5. The summed E-state index contributed by atoms with van der Waals surface area (Å²) < 4.78 is 5.37. The van der Waals surface area contributed by atoms with E-state index in [9.17, 15) is 4.79 Å². The molecular formula is C15H19N3O2. The second-order valence-electron chi connectivity index (χ2n) is 4.83. The zero-order valence-electron chi connectivity index (χ0n) is 11.6. The number of nitrogens with zero attached hydrogens (tertiary/aromatic N) is 1. The minimum absolute atomic E-state index is 0.0119. The third kappa shape index (κ3) is 3.56. The number of amides is 1. The van der Waals surface area contributed by atoms with E-state index in [2.05, 4.69) is 16.7 Å². The Balaban J connectivity index is 1.86. The van der Waals surface area contributed by atoms with Gasteiger partial charge in [0, 0.05) is 12.6 Å². The molecule has 0 aliphatic carbocycles. The Morgan fingerprint density at radius 2 is 2.15 bits per heavy atom. The van der Waals surface area contributed by atoms with Gasteiger partial charge in [0.05, 0.1) is 30.8 Å². The second kappa shape index (κ2) is 7.04. The third-order valence-corrected chi connectivity index (χ3v) is 3.43. The van der Waals surface area contributed by atoms with E-state index in [1.54, 1.807) is 12.1 Å². The lowest BCUT2D eigenvalue weighted by molar-refractivity contribution is -0.125. The molecule has 1 aliphatic heterocycles. The molecule has 1 aromatic rings. The summed E-state index contributed by atoms with van der Waals surface area (Å²) in [5.74, 6) is -0.119. The molecule has 2 N–H and O–H groups in total. The molecule has 0 aromatic heterocycles. The maximum atomic E-state index is 12.1. The number of rotatable bonds is 5. The van der Waals surface area contributed by atoms with E-state index in [-0.39, 0.29) is 17.9 Å². The van der Waals surface area contributed by atoms with Crippen molar-refractivity contribution in [2.45, 2.75) is 19.5 Å². The topological polar surface area (TPSA) is 74.2 Å². The fourth-order valence-electron chi connectivity index (χ4n) is 2.29. The molecule has 2 rings (SSSR count). The lowest BCUT2D eigenvalue weighted by Gasteiger charge is -2.17. The van der Waals surface area contributed by atoms with Gasteiger partial charge in [-0.2, -0.15) is 5.26 Å². The van der Waals surface area contributed by atoms with Gasteiger partial charge in [0.2, 0.25) is 5.91 Å². The van der Waals surface area contributed by atoms with Gasteiger partial charge in [0.25, 0.3) is 0 Å². The zero-order valence-corrected chi connectivity index (χ0v) is 11.6. The molecule has 1 heterocycles. The lowest BCUT2D eigenvalue weighted by atomic mass is 10.0. The van der Waals surface area contributed by atoms with Crippen LogP contribution in [0.25, 0.3) is 0 Å². The van der Waals surface area contributed by atoms with Crippen LogP contribution in [-0.2, 0) is 16.1 Å². The number of nitriles is 1. The van der Waals surface area contributed by atoms with Gasteiger partial charge in [0.1, 0.15) is 0 Å². The Kier molecular flexibility index (Phi) is 5.10. The number of likely N-dealkylation sites (N-methyl/N-ethyl adjacent to an activating group) is 1. The smallest absolute Gasteiger partial charge is 0.227 e. The SMILES string of the molecule is CCNC1COCC1C(=O)NCc1ccc(C#N)cc1. The van der Waals surface area contributed by atoms with Crippen molar-refractivity contribution in [3.63, 3.8) is 0 Å². The largest absolute Gasteiger partial charge is 0.379 e. The van der Waals surface area contributed by atoms with Crippen molar-refractivity contribution in [1.29, 1.82) is 5.26 Å². The average Bonchev–Trinajstić information content (AvgIpc) is 2.94. The number of benzene rings is 1. The molecule has 106 valence electrons. The van der Waals surface area contributed by atoms with E-state index < -0.39 is 0 Å².